The molecular weight excluding hydrogens is 304 g/mol. The Labute approximate surface area is 140 Å². The van der Waals surface area contributed by atoms with Gasteiger partial charge in [-0.1, -0.05) is 42.0 Å². The topological polar surface area (TPSA) is 42.0 Å². The van der Waals surface area contributed by atoms with E-state index in [2.05, 4.69) is 47.6 Å². The molecule has 1 N–H and O–H groups in total. The van der Waals surface area contributed by atoms with Crippen LogP contribution in [0.3, 0.4) is 0 Å². The zero-order valence-corrected chi connectivity index (χ0v) is 14.2. The molecule has 1 amide bonds. The number of thiazole rings is 1. The summed E-state index contributed by atoms with van der Waals surface area (Å²) in [4.78, 5) is 16.7. The number of nitrogens with one attached hydrogen (secondary N) is 1. The van der Waals surface area contributed by atoms with Gasteiger partial charge in [-0.25, -0.2) is 4.98 Å². The van der Waals surface area contributed by atoms with E-state index >= 15 is 0 Å². The fourth-order valence-electron chi connectivity index (χ4n) is 2.50. The number of benzene rings is 2. The molecule has 1 atom stereocenters. The molecule has 23 heavy (non-hydrogen) atoms. The molecule has 0 radical (unpaired) electrons. The monoisotopic (exact) mass is 324 g/mol. The van der Waals surface area contributed by atoms with Crippen molar-refractivity contribution < 1.29 is 4.79 Å². The number of nitrogens with zero attached hydrogens (tertiary/aromatic N) is 1. The number of hydrogen-bond acceptors (Lipinski definition) is 3. The SMILES string of the molecule is Cc1ccc(C(C)NC(=O)CCc2nc3ccccc3s2)cc1. The maximum atomic E-state index is 12.1. The first-order chi connectivity index (χ1) is 11.1. The van der Waals surface area contributed by atoms with Gasteiger partial charge in [0, 0.05) is 12.8 Å². The van der Waals surface area contributed by atoms with Crippen molar-refractivity contribution in [3.8, 4) is 0 Å². The Kier molecular flexibility index (Phi) is 4.72. The van der Waals surface area contributed by atoms with Crippen LogP contribution in [0.5, 0.6) is 0 Å². The summed E-state index contributed by atoms with van der Waals surface area (Å²) < 4.78 is 1.18. The van der Waals surface area contributed by atoms with E-state index in [9.17, 15) is 4.79 Å². The molecule has 0 fully saturated rings. The van der Waals surface area contributed by atoms with Crippen molar-refractivity contribution in [2.24, 2.45) is 0 Å². The normalized spacial score (nSPS) is 12.3. The number of hydrogen-bond donors (Lipinski definition) is 1. The molecular formula is C19H20N2OS. The van der Waals surface area contributed by atoms with Crippen LogP contribution in [-0.2, 0) is 11.2 Å². The Morgan fingerprint density at radius 3 is 2.65 bits per heavy atom. The van der Waals surface area contributed by atoms with Gasteiger partial charge in [-0.05, 0) is 31.5 Å². The molecule has 0 aliphatic heterocycles. The van der Waals surface area contributed by atoms with Crippen LogP contribution < -0.4 is 5.32 Å². The predicted molar refractivity (Wildman–Crippen MR) is 95.7 cm³/mol. The summed E-state index contributed by atoms with van der Waals surface area (Å²) in [6.45, 7) is 4.07. The van der Waals surface area contributed by atoms with E-state index in [1.807, 2.05) is 25.1 Å². The second-order valence-corrected chi connectivity index (χ2v) is 6.89. The molecule has 118 valence electrons. The first kappa shape index (κ1) is 15.7. The van der Waals surface area contributed by atoms with Gasteiger partial charge in [-0.3, -0.25) is 4.79 Å². The zero-order valence-electron chi connectivity index (χ0n) is 13.4. The maximum absolute atomic E-state index is 12.1. The molecule has 3 rings (SSSR count). The molecule has 1 heterocycles. The highest BCUT2D eigenvalue weighted by Crippen LogP contribution is 2.22. The van der Waals surface area contributed by atoms with Gasteiger partial charge in [0.15, 0.2) is 0 Å². The first-order valence-electron chi connectivity index (χ1n) is 7.82. The van der Waals surface area contributed by atoms with Crippen molar-refractivity contribution in [1.29, 1.82) is 0 Å². The van der Waals surface area contributed by atoms with Crippen LogP contribution in [0.1, 0.15) is 35.5 Å². The van der Waals surface area contributed by atoms with Gasteiger partial charge >= 0.3 is 0 Å². The highest BCUT2D eigenvalue weighted by atomic mass is 32.1. The van der Waals surface area contributed by atoms with E-state index in [-0.39, 0.29) is 11.9 Å². The molecule has 0 saturated heterocycles. The number of rotatable bonds is 5. The number of para-hydroxylation sites is 1. The lowest BCUT2D eigenvalue weighted by molar-refractivity contribution is -0.121. The first-order valence-corrected chi connectivity index (χ1v) is 8.64. The molecule has 1 unspecified atom stereocenters. The van der Waals surface area contributed by atoms with E-state index in [1.165, 1.54) is 10.3 Å². The molecule has 0 aliphatic carbocycles. The van der Waals surface area contributed by atoms with Gasteiger partial charge in [-0.2, -0.15) is 0 Å². The minimum atomic E-state index is 0.0264. The van der Waals surface area contributed by atoms with Crippen molar-refractivity contribution in [2.45, 2.75) is 32.7 Å². The number of fused-ring (bicyclic) bond motifs is 1. The number of aryl methyl sites for hydroxylation is 2. The van der Waals surface area contributed by atoms with Crippen LogP contribution in [0.4, 0.5) is 0 Å². The Morgan fingerprint density at radius 2 is 1.91 bits per heavy atom. The third-order valence-corrected chi connectivity index (χ3v) is 4.96. The Hall–Kier alpha value is -2.20. The highest BCUT2D eigenvalue weighted by molar-refractivity contribution is 7.18. The van der Waals surface area contributed by atoms with E-state index in [0.29, 0.717) is 12.8 Å². The number of aromatic nitrogens is 1. The zero-order chi connectivity index (χ0) is 16.2. The molecule has 0 spiro atoms. The Balaban J connectivity index is 1.55. The van der Waals surface area contributed by atoms with Gasteiger partial charge in [0.1, 0.15) is 0 Å². The van der Waals surface area contributed by atoms with Crippen molar-refractivity contribution >= 4 is 27.5 Å². The second kappa shape index (κ2) is 6.92. The number of carbonyl (C=O) groups is 1. The fourth-order valence-corrected chi connectivity index (χ4v) is 3.47. The molecule has 3 aromatic rings. The highest BCUT2D eigenvalue weighted by Gasteiger charge is 2.11. The lowest BCUT2D eigenvalue weighted by Gasteiger charge is -2.14. The van der Waals surface area contributed by atoms with Gasteiger partial charge in [0.2, 0.25) is 5.91 Å². The van der Waals surface area contributed by atoms with Crippen molar-refractivity contribution in [3.05, 3.63) is 64.7 Å². The Bertz CT molecular complexity index is 775. The van der Waals surface area contributed by atoms with E-state index in [0.717, 1.165) is 16.1 Å². The van der Waals surface area contributed by atoms with Crippen molar-refractivity contribution in [1.82, 2.24) is 10.3 Å². The molecule has 1 aromatic heterocycles. The lowest BCUT2D eigenvalue weighted by atomic mass is 10.1. The Morgan fingerprint density at radius 1 is 1.17 bits per heavy atom. The minimum absolute atomic E-state index is 0.0264. The largest absolute Gasteiger partial charge is 0.350 e. The lowest BCUT2D eigenvalue weighted by Crippen LogP contribution is -2.26. The third-order valence-electron chi connectivity index (χ3n) is 3.86. The van der Waals surface area contributed by atoms with E-state index in [1.54, 1.807) is 11.3 Å². The van der Waals surface area contributed by atoms with E-state index < -0.39 is 0 Å². The fraction of sp³-hybridized carbons (Fsp3) is 0.263. The standard InChI is InChI=1S/C19H20N2OS/c1-13-7-9-15(10-8-13)14(2)20-18(22)11-12-19-21-16-5-3-4-6-17(16)23-19/h3-10,14H,11-12H2,1-2H3,(H,20,22). The molecule has 3 nitrogen and oxygen atoms in total. The van der Waals surface area contributed by atoms with Crippen LogP contribution in [0.25, 0.3) is 10.2 Å². The molecule has 0 aliphatic rings. The molecule has 0 saturated carbocycles. The van der Waals surface area contributed by atoms with Crippen LogP contribution in [0, 0.1) is 6.92 Å². The van der Waals surface area contributed by atoms with Crippen LogP contribution in [0.2, 0.25) is 0 Å². The summed E-state index contributed by atoms with van der Waals surface area (Å²) in [6, 6.07) is 16.4. The molecule has 4 heteroatoms. The van der Waals surface area contributed by atoms with Gasteiger partial charge in [0.25, 0.3) is 0 Å². The predicted octanol–water partition coefficient (Wildman–Crippen LogP) is 4.41. The summed E-state index contributed by atoms with van der Waals surface area (Å²) >= 11 is 1.67. The smallest absolute Gasteiger partial charge is 0.220 e. The minimum Gasteiger partial charge on any atom is -0.350 e. The van der Waals surface area contributed by atoms with Crippen molar-refractivity contribution in [2.75, 3.05) is 0 Å². The van der Waals surface area contributed by atoms with Gasteiger partial charge in [-0.15, -0.1) is 11.3 Å². The van der Waals surface area contributed by atoms with Crippen LogP contribution in [-0.4, -0.2) is 10.9 Å². The van der Waals surface area contributed by atoms with Crippen LogP contribution in [0.15, 0.2) is 48.5 Å². The average molecular weight is 324 g/mol. The van der Waals surface area contributed by atoms with E-state index in [4.69, 9.17) is 0 Å². The number of amides is 1. The van der Waals surface area contributed by atoms with Gasteiger partial charge in [0.05, 0.1) is 21.3 Å². The summed E-state index contributed by atoms with van der Waals surface area (Å²) in [5, 5.41) is 4.08. The summed E-state index contributed by atoms with van der Waals surface area (Å²) in [7, 11) is 0. The molecule has 0 bridgehead atoms. The van der Waals surface area contributed by atoms with Crippen LogP contribution >= 0.6 is 11.3 Å². The van der Waals surface area contributed by atoms with Crippen molar-refractivity contribution in [3.63, 3.8) is 0 Å². The summed E-state index contributed by atoms with van der Waals surface area (Å²) in [6.07, 6.45) is 1.15. The molecule has 2 aromatic carbocycles. The third kappa shape index (κ3) is 3.96. The van der Waals surface area contributed by atoms with Gasteiger partial charge < -0.3 is 5.32 Å². The number of carbonyl (C=O) groups excluding carboxylic acids is 1. The maximum Gasteiger partial charge on any atom is 0.220 e. The average Bonchev–Trinajstić information content (AvgIpc) is 2.96. The quantitative estimate of drug-likeness (QED) is 0.755. The second-order valence-electron chi connectivity index (χ2n) is 5.78. The summed E-state index contributed by atoms with van der Waals surface area (Å²) in [5.41, 5.74) is 3.37. The summed E-state index contributed by atoms with van der Waals surface area (Å²) in [5.74, 6) is 0.0670.